The molecular weight excluding hydrogens is 341 g/mol. The van der Waals surface area contributed by atoms with Crippen molar-refractivity contribution >= 4 is 28.5 Å². The highest BCUT2D eigenvalue weighted by atomic mass is 35.5. The summed E-state index contributed by atoms with van der Waals surface area (Å²) in [4.78, 5) is 16.8. The number of benzene rings is 2. The van der Waals surface area contributed by atoms with Crippen molar-refractivity contribution in [1.82, 2.24) is 15.2 Å². The lowest BCUT2D eigenvalue weighted by Gasteiger charge is -2.19. The number of carbonyl (C=O) groups is 1. The molecule has 130 valence electrons. The maximum atomic E-state index is 13.8. The molecule has 0 aliphatic rings. The molecule has 3 rings (SSSR count). The van der Waals surface area contributed by atoms with Gasteiger partial charge in [-0.2, -0.15) is 0 Å². The first-order valence-corrected chi connectivity index (χ1v) is 8.41. The van der Waals surface area contributed by atoms with Gasteiger partial charge >= 0.3 is 6.03 Å². The Bertz CT molecular complexity index is 873. The number of hydrogen-bond acceptors (Lipinski definition) is 1. The third kappa shape index (κ3) is 3.94. The molecule has 2 N–H and O–H groups in total. The topological polar surface area (TPSA) is 48.1 Å². The first-order valence-electron chi connectivity index (χ1n) is 8.03. The number of nitrogens with one attached hydrogen (secondary N) is 2. The van der Waals surface area contributed by atoms with Crippen molar-refractivity contribution in [2.45, 2.75) is 13.0 Å². The average Bonchev–Trinajstić information content (AvgIpc) is 3.01. The molecule has 0 spiro atoms. The number of amides is 2. The van der Waals surface area contributed by atoms with Crippen LogP contribution in [-0.2, 0) is 13.0 Å². The number of rotatable bonds is 5. The van der Waals surface area contributed by atoms with E-state index < -0.39 is 5.82 Å². The van der Waals surface area contributed by atoms with Gasteiger partial charge in [-0.15, -0.1) is 0 Å². The number of halogens is 2. The Morgan fingerprint density at radius 2 is 2.04 bits per heavy atom. The number of carbonyl (C=O) groups excluding carboxylic acids is 1. The Kier molecular flexibility index (Phi) is 5.24. The number of nitrogens with zero attached hydrogens (tertiary/aromatic N) is 1. The van der Waals surface area contributed by atoms with Gasteiger partial charge in [0, 0.05) is 41.3 Å². The fourth-order valence-corrected chi connectivity index (χ4v) is 2.99. The number of aromatic nitrogens is 1. The van der Waals surface area contributed by atoms with Gasteiger partial charge in [0.1, 0.15) is 5.82 Å². The molecule has 0 saturated carbocycles. The van der Waals surface area contributed by atoms with E-state index in [0.29, 0.717) is 23.6 Å². The van der Waals surface area contributed by atoms with E-state index >= 15 is 0 Å². The van der Waals surface area contributed by atoms with E-state index in [2.05, 4.69) is 16.4 Å². The summed E-state index contributed by atoms with van der Waals surface area (Å²) in [7, 11) is 1.61. The molecular formula is C19H19ClFN3O. The van der Waals surface area contributed by atoms with Gasteiger partial charge in [-0.05, 0) is 30.2 Å². The lowest BCUT2D eigenvalue weighted by molar-refractivity contribution is 0.206. The second-order valence-corrected chi connectivity index (χ2v) is 6.30. The second-order valence-electron chi connectivity index (χ2n) is 5.90. The summed E-state index contributed by atoms with van der Waals surface area (Å²) in [6, 6.07) is 12.3. The Hall–Kier alpha value is -2.53. The standard InChI is InChI=1S/C19H19ClFN3O/c1-24(12-15-16(20)6-4-7-17(15)21)19(25)22-10-9-13-11-23-18-8-3-2-5-14(13)18/h2-8,11,23H,9-10,12H2,1H3,(H,22,25). The van der Waals surface area contributed by atoms with Crippen LogP contribution in [0.2, 0.25) is 5.02 Å². The molecule has 0 unspecified atom stereocenters. The van der Waals surface area contributed by atoms with Crippen LogP contribution in [-0.4, -0.2) is 29.5 Å². The first kappa shape index (κ1) is 17.3. The third-order valence-corrected chi connectivity index (χ3v) is 4.50. The van der Waals surface area contributed by atoms with Crippen LogP contribution in [0.3, 0.4) is 0 Å². The van der Waals surface area contributed by atoms with Crippen molar-refractivity contribution in [3.8, 4) is 0 Å². The number of H-pyrrole nitrogens is 1. The summed E-state index contributed by atoms with van der Waals surface area (Å²) in [6.07, 6.45) is 2.67. The fourth-order valence-electron chi connectivity index (χ4n) is 2.77. The minimum atomic E-state index is -0.411. The highest BCUT2D eigenvalue weighted by Gasteiger charge is 2.14. The maximum Gasteiger partial charge on any atom is 0.317 e. The van der Waals surface area contributed by atoms with Gasteiger partial charge in [0.15, 0.2) is 0 Å². The van der Waals surface area contributed by atoms with Crippen molar-refractivity contribution in [2.75, 3.05) is 13.6 Å². The van der Waals surface area contributed by atoms with Gasteiger partial charge < -0.3 is 15.2 Å². The van der Waals surface area contributed by atoms with Crippen LogP contribution >= 0.6 is 11.6 Å². The van der Waals surface area contributed by atoms with E-state index in [1.165, 1.54) is 11.0 Å². The number of aromatic amines is 1. The molecule has 0 saturated heterocycles. The molecule has 25 heavy (non-hydrogen) atoms. The van der Waals surface area contributed by atoms with Crippen molar-refractivity contribution in [3.05, 3.63) is 70.6 Å². The maximum absolute atomic E-state index is 13.8. The van der Waals surface area contributed by atoms with E-state index in [1.54, 1.807) is 19.2 Å². The average molecular weight is 360 g/mol. The molecule has 0 bridgehead atoms. The summed E-state index contributed by atoms with van der Waals surface area (Å²) in [5, 5.41) is 4.33. The third-order valence-electron chi connectivity index (χ3n) is 4.15. The number of fused-ring (bicyclic) bond motifs is 1. The van der Waals surface area contributed by atoms with Crippen molar-refractivity contribution in [1.29, 1.82) is 0 Å². The van der Waals surface area contributed by atoms with Crippen LogP contribution in [0.25, 0.3) is 10.9 Å². The molecule has 4 nitrogen and oxygen atoms in total. The normalized spacial score (nSPS) is 10.8. The molecule has 2 amide bonds. The predicted octanol–water partition coefficient (Wildman–Crippen LogP) is 4.34. The van der Waals surface area contributed by atoms with E-state index in [4.69, 9.17) is 11.6 Å². The zero-order chi connectivity index (χ0) is 17.8. The largest absolute Gasteiger partial charge is 0.361 e. The Morgan fingerprint density at radius 3 is 2.84 bits per heavy atom. The smallest absolute Gasteiger partial charge is 0.317 e. The van der Waals surface area contributed by atoms with Gasteiger partial charge in [0.2, 0.25) is 0 Å². The summed E-state index contributed by atoms with van der Waals surface area (Å²) >= 11 is 6.00. The van der Waals surface area contributed by atoms with E-state index in [0.717, 1.165) is 16.5 Å². The number of para-hydroxylation sites is 1. The second kappa shape index (κ2) is 7.57. The molecule has 1 aromatic heterocycles. The van der Waals surface area contributed by atoms with Crippen LogP contribution < -0.4 is 5.32 Å². The summed E-state index contributed by atoms with van der Waals surface area (Å²) < 4.78 is 13.8. The SMILES string of the molecule is CN(Cc1c(F)cccc1Cl)C(=O)NCCc1c[nH]c2ccccc12. The number of urea groups is 1. The van der Waals surface area contributed by atoms with E-state index in [-0.39, 0.29) is 12.6 Å². The fraction of sp³-hybridized carbons (Fsp3) is 0.211. The van der Waals surface area contributed by atoms with Crippen molar-refractivity contribution in [2.24, 2.45) is 0 Å². The summed E-state index contributed by atoms with van der Waals surface area (Å²) in [5.41, 5.74) is 2.55. The Balaban J connectivity index is 1.55. The van der Waals surface area contributed by atoms with Crippen LogP contribution in [0.15, 0.2) is 48.7 Å². The molecule has 6 heteroatoms. The Labute approximate surface area is 150 Å². The lowest BCUT2D eigenvalue weighted by Crippen LogP contribution is -2.38. The van der Waals surface area contributed by atoms with E-state index in [1.807, 2.05) is 24.4 Å². The highest BCUT2D eigenvalue weighted by molar-refractivity contribution is 6.31. The highest BCUT2D eigenvalue weighted by Crippen LogP contribution is 2.20. The van der Waals surface area contributed by atoms with Gasteiger partial charge in [0.25, 0.3) is 0 Å². The van der Waals surface area contributed by atoms with Gasteiger partial charge in [0.05, 0.1) is 6.54 Å². The molecule has 0 aliphatic carbocycles. The quantitative estimate of drug-likeness (QED) is 0.699. The Morgan fingerprint density at radius 1 is 1.24 bits per heavy atom. The predicted molar refractivity (Wildman–Crippen MR) is 98.3 cm³/mol. The van der Waals surface area contributed by atoms with Crippen LogP contribution in [0.4, 0.5) is 9.18 Å². The zero-order valence-corrected chi connectivity index (χ0v) is 14.6. The summed E-state index contributed by atoms with van der Waals surface area (Å²) in [6.45, 7) is 0.612. The molecule has 0 fully saturated rings. The van der Waals surface area contributed by atoms with Crippen LogP contribution in [0, 0.1) is 5.82 Å². The monoisotopic (exact) mass is 359 g/mol. The zero-order valence-electron chi connectivity index (χ0n) is 13.9. The molecule has 0 atom stereocenters. The molecule has 2 aromatic carbocycles. The molecule has 0 aliphatic heterocycles. The van der Waals surface area contributed by atoms with Crippen molar-refractivity contribution in [3.63, 3.8) is 0 Å². The van der Waals surface area contributed by atoms with Gasteiger partial charge in [-0.3, -0.25) is 0 Å². The minimum absolute atomic E-state index is 0.116. The first-order chi connectivity index (χ1) is 12.1. The molecule has 1 heterocycles. The van der Waals surface area contributed by atoms with E-state index in [9.17, 15) is 9.18 Å². The van der Waals surface area contributed by atoms with Crippen LogP contribution in [0.5, 0.6) is 0 Å². The van der Waals surface area contributed by atoms with Gasteiger partial charge in [-0.25, -0.2) is 9.18 Å². The van der Waals surface area contributed by atoms with Crippen LogP contribution in [0.1, 0.15) is 11.1 Å². The lowest BCUT2D eigenvalue weighted by atomic mass is 10.1. The summed E-state index contributed by atoms with van der Waals surface area (Å²) in [5.74, 6) is -0.411. The number of hydrogen-bond donors (Lipinski definition) is 2. The van der Waals surface area contributed by atoms with Crippen molar-refractivity contribution < 1.29 is 9.18 Å². The molecule has 3 aromatic rings. The molecule has 0 radical (unpaired) electrons. The van der Waals surface area contributed by atoms with Gasteiger partial charge in [-0.1, -0.05) is 35.9 Å². The minimum Gasteiger partial charge on any atom is -0.361 e.